The van der Waals surface area contributed by atoms with Crippen molar-refractivity contribution in [2.24, 2.45) is 0 Å². The summed E-state index contributed by atoms with van der Waals surface area (Å²) >= 11 is 0. The zero-order valence-corrected chi connectivity index (χ0v) is 12.3. The normalized spacial score (nSPS) is 13.8. The van der Waals surface area contributed by atoms with Gasteiger partial charge in [-0.3, -0.25) is 0 Å². The minimum atomic E-state index is -2.68. The van der Waals surface area contributed by atoms with Gasteiger partial charge in [0.1, 0.15) is 5.75 Å². The Balaban J connectivity index is 2.27. The van der Waals surface area contributed by atoms with Crippen LogP contribution in [-0.2, 0) is 4.57 Å². The highest BCUT2D eigenvalue weighted by Crippen LogP contribution is 2.47. The minimum Gasteiger partial charge on any atom is -0.497 e. The predicted molar refractivity (Wildman–Crippen MR) is 85.9 cm³/mol. The molecule has 20 heavy (non-hydrogen) atoms. The molecule has 0 spiro atoms. The maximum Gasteiger partial charge on any atom is 0.156 e. The average Bonchev–Trinajstić information content (AvgIpc) is 2.54. The van der Waals surface area contributed by atoms with Crippen molar-refractivity contribution in [3.05, 3.63) is 78.4 Å². The van der Waals surface area contributed by atoms with E-state index in [0.717, 1.165) is 16.6 Å². The molecule has 1 atom stereocenters. The first-order valence-corrected chi connectivity index (χ1v) is 8.14. The lowest BCUT2D eigenvalue weighted by atomic mass is 10.2. The number of benzene rings is 2. The van der Waals surface area contributed by atoms with Crippen molar-refractivity contribution in [2.45, 2.75) is 0 Å². The van der Waals surface area contributed by atoms with E-state index in [2.05, 4.69) is 6.58 Å². The molecule has 0 fully saturated rings. The molecule has 0 saturated carbocycles. The SMILES string of the molecule is C=CP(=O)(/C=C/c1ccc(OC)cc1)c1ccccc1. The third kappa shape index (κ3) is 3.28. The van der Waals surface area contributed by atoms with E-state index in [4.69, 9.17) is 4.74 Å². The Hall–Kier alpha value is -2.05. The molecule has 1 unspecified atom stereocenters. The second-order valence-corrected chi connectivity index (χ2v) is 6.91. The maximum absolute atomic E-state index is 12.9. The quantitative estimate of drug-likeness (QED) is 0.756. The molecule has 0 aliphatic rings. The van der Waals surface area contributed by atoms with Gasteiger partial charge < -0.3 is 9.30 Å². The molecular formula is C17H17O2P. The van der Waals surface area contributed by atoms with Crippen molar-refractivity contribution in [3.63, 3.8) is 0 Å². The summed E-state index contributed by atoms with van der Waals surface area (Å²) in [6, 6.07) is 17.0. The van der Waals surface area contributed by atoms with Crippen LogP contribution in [0.5, 0.6) is 5.75 Å². The Morgan fingerprint density at radius 1 is 1.05 bits per heavy atom. The van der Waals surface area contributed by atoms with Gasteiger partial charge in [-0.15, -0.1) is 0 Å². The van der Waals surface area contributed by atoms with Gasteiger partial charge in [-0.25, -0.2) is 0 Å². The van der Waals surface area contributed by atoms with Crippen LogP contribution in [0.4, 0.5) is 0 Å². The Kier molecular flexibility index (Phi) is 4.60. The molecule has 0 radical (unpaired) electrons. The highest BCUT2D eigenvalue weighted by molar-refractivity contribution is 7.77. The third-order valence-electron chi connectivity index (χ3n) is 3.04. The fourth-order valence-electron chi connectivity index (χ4n) is 1.83. The molecule has 0 heterocycles. The Morgan fingerprint density at radius 3 is 2.25 bits per heavy atom. The number of rotatable bonds is 5. The van der Waals surface area contributed by atoms with E-state index in [0.29, 0.717) is 0 Å². The Labute approximate surface area is 119 Å². The van der Waals surface area contributed by atoms with Gasteiger partial charge in [-0.05, 0) is 29.3 Å². The van der Waals surface area contributed by atoms with Gasteiger partial charge >= 0.3 is 0 Å². The second-order valence-electron chi connectivity index (χ2n) is 4.32. The summed E-state index contributed by atoms with van der Waals surface area (Å²) in [5.41, 5.74) is 0.976. The van der Waals surface area contributed by atoms with E-state index in [1.54, 1.807) is 12.9 Å². The van der Waals surface area contributed by atoms with E-state index >= 15 is 0 Å². The summed E-state index contributed by atoms with van der Waals surface area (Å²) in [7, 11) is -1.05. The minimum absolute atomic E-state index is 0.791. The van der Waals surface area contributed by atoms with Crippen molar-refractivity contribution in [3.8, 4) is 5.75 Å². The molecule has 2 rings (SSSR count). The first-order chi connectivity index (χ1) is 9.68. The lowest BCUT2D eigenvalue weighted by Crippen LogP contribution is -1.99. The molecule has 0 bridgehead atoms. The van der Waals surface area contributed by atoms with Crippen LogP contribution in [0.1, 0.15) is 5.56 Å². The first-order valence-electron chi connectivity index (χ1n) is 6.30. The van der Waals surface area contributed by atoms with E-state index in [1.807, 2.05) is 60.7 Å². The van der Waals surface area contributed by atoms with Gasteiger partial charge in [0.05, 0.1) is 7.11 Å². The second kappa shape index (κ2) is 6.40. The van der Waals surface area contributed by atoms with Crippen LogP contribution in [0.2, 0.25) is 0 Å². The van der Waals surface area contributed by atoms with Gasteiger partial charge in [0.25, 0.3) is 0 Å². The maximum atomic E-state index is 12.9. The summed E-state index contributed by atoms with van der Waals surface area (Å²) in [4.78, 5) is 0. The highest BCUT2D eigenvalue weighted by atomic mass is 31.2. The number of hydrogen-bond acceptors (Lipinski definition) is 2. The summed E-state index contributed by atoms with van der Waals surface area (Å²) in [6.07, 6.45) is 1.86. The molecule has 0 amide bonds. The zero-order chi connectivity index (χ0) is 14.4. The standard InChI is InChI=1S/C17H17O2P/c1-3-20(18,17-7-5-4-6-8-17)14-13-15-9-11-16(19-2)12-10-15/h3-14H,1H2,2H3/b14-13+. The summed E-state index contributed by atoms with van der Waals surface area (Å²) < 4.78 is 18.0. The van der Waals surface area contributed by atoms with Crippen molar-refractivity contribution in [1.82, 2.24) is 0 Å². The molecule has 0 N–H and O–H groups in total. The average molecular weight is 284 g/mol. The molecule has 2 aromatic rings. The van der Waals surface area contributed by atoms with Crippen molar-refractivity contribution in [2.75, 3.05) is 7.11 Å². The highest BCUT2D eigenvalue weighted by Gasteiger charge is 2.15. The molecule has 0 aliphatic heterocycles. The monoisotopic (exact) mass is 284 g/mol. The molecular weight excluding hydrogens is 267 g/mol. The smallest absolute Gasteiger partial charge is 0.156 e. The summed E-state index contributed by atoms with van der Waals surface area (Å²) in [6.45, 7) is 3.71. The van der Waals surface area contributed by atoms with E-state index in [1.165, 1.54) is 5.82 Å². The van der Waals surface area contributed by atoms with Crippen LogP contribution in [-0.4, -0.2) is 7.11 Å². The van der Waals surface area contributed by atoms with Crippen LogP contribution in [0.15, 0.2) is 72.8 Å². The molecule has 0 aliphatic carbocycles. The van der Waals surface area contributed by atoms with E-state index in [-0.39, 0.29) is 0 Å². The van der Waals surface area contributed by atoms with Crippen molar-refractivity contribution in [1.29, 1.82) is 0 Å². The van der Waals surface area contributed by atoms with Crippen LogP contribution >= 0.6 is 7.14 Å². The van der Waals surface area contributed by atoms with Crippen LogP contribution in [0, 0.1) is 0 Å². The van der Waals surface area contributed by atoms with Crippen molar-refractivity contribution >= 4 is 18.5 Å². The summed E-state index contributed by atoms with van der Waals surface area (Å²) in [5.74, 6) is 4.07. The summed E-state index contributed by atoms with van der Waals surface area (Å²) in [5, 5.41) is 0.791. The fraction of sp³-hybridized carbons (Fsp3) is 0.0588. The van der Waals surface area contributed by atoms with Crippen molar-refractivity contribution < 1.29 is 9.30 Å². The first kappa shape index (κ1) is 14.4. The van der Waals surface area contributed by atoms with Gasteiger partial charge in [-0.2, -0.15) is 0 Å². The third-order valence-corrected chi connectivity index (χ3v) is 5.27. The largest absolute Gasteiger partial charge is 0.497 e. The van der Waals surface area contributed by atoms with Gasteiger partial charge in [0, 0.05) is 5.30 Å². The molecule has 0 aromatic heterocycles. The Bertz CT molecular complexity index is 642. The number of ether oxygens (including phenoxy) is 1. The Morgan fingerprint density at radius 2 is 1.70 bits per heavy atom. The fourth-order valence-corrected chi connectivity index (χ4v) is 3.36. The molecule has 2 nitrogen and oxygen atoms in total. The predicted octanol–water partition coefficient (Wildman–Crippen LogP) is 4.50. The van der Waals surface area contributed by atoms with E-state index < -0.39 is 7.14 Å². The lowest BCUT2D eigenvalue weighted by Gasteiger charge is -2.09. The topological polar surface area (TPSA) is 26.3 Å². The molecule has 2 aromatic carbocycles. The van der Waals surface area contributed by atoms with E-state index in [9.17, 15) is 4.57 Å². The number of hydrogen-bond donors (Lipinski definition) is 0. The van der Waals surface area contributed by atoms with Gasteiger partial charge in [-0.1, -0.05) is 55.1 Å². The molecule has 3 heteroatoms. The van der Waals surface area contributed by atoms with Crippen LogP contribution < -0.4 is 10.0 Å². The number of methoxy groups -OCH3 is 1. The van der Waals surface area contributed by atoms with Crippen LogP contribution in [0.3, 0.4) is 0 Å². The zero-order valence-electron chi connectivity index (χ0n) is 11.4. The van der Waals surface area contributed by atoms with Gasteiger partial charge in [0.15, 0.2) is 7.14 Å². The molecule has 0 saturated heterocycles. The van der Waals surface area contributed by atoms with Crippen LogP contribution in [0.25, 0.3) is 6.08 Å². The van der Waals surface area contributed by atoms with Gasteiger partial charge in [0.2, 0.25) is 0 Å². The lowest BCUT2D eigenvalue weighted by molar-refractivity contribution is 0.415. The molecule has 102 valence electrons.